The number of hydrogen-bond acceptors (Lipinski definition) is 3. The number of ether oxygens (including phenoxy) is 1. The first-order valence-electron chi connectivity index (χ1n) is 4.14. The van der Waals surface area contributed by atoms with Gasteiger partial charge in [-0.05, 0) is 12.8 Å². The minimum atomic E-state index is -0.803. The average Bonchev–Trinajstić information content (AvgIpc) is 2.03. The van der Waals surface area contributed by atoms with E-state index in [1.54, 1.807) is 0 Å². The highest BCUT2D eigenvalue weighted by Crippen LogP contribution is 1.92. The molecule has 0 aliphatic rings. The second kappa shape index (κ2) is 7.54. The molecule has 0 aliphatic carbocycles. The third-order valence-corrected chi connectivity index (χ3v) is 1.42. The zero-order valence-corrected chi connectivity index (χ0v) is 7.71. The van der Waals surface area contributed by atoms with Crippen LogP contribution in [0.5, 0.6) is 0 Å². The minimum absolute atomic E-state index is 0.0545. The van der Waals surface area contributed by atoms with Crippen LogP contribution in [0.25, 0.3) is 0 Å². The zero-order chi connectivity index (χ0) is 10.1. The van der Waals surface area contributed by atoms with Gasteiger partial charge in [0, 0.05) is 20.1 Å². The summed E-state index contributed by atoms with van der Waals surface area (Å²) in [6.07, 6.45) is 1.42. The molecule has 0 aliphatic heterocycles. The van der Waals surface area contributed by atoms with Gasteiger partial charge in [0.25, 0.3) is 0 Å². The van der Waals surface area contributed by atoms with E-state index in [0.717, 1.165) is 0 Å². The summed E-state index contributed by atoms with van der Waals surface area (Å²) in [6, 6.07) is 0. The maximum absolute atomic E-state index is 10.8. The van der Waals surface area contributed by atoms with Crippen molar-refractivity contribution in [3.63, 3.8) is 0 Å². The lowest BCUT2D eigenvalue weighted by Gasteiger charge is -2.02. The number of carboxylic acid groups (broad SMARTS) is 1. The first-order chi connectivity index (χ1) is 6.16. The van der Waals surface area contributed by atoms with Gasteiger partial charge < -0.3 is 15.2 Å². The van der Waals surface area contributed by atoms with E-state index in [0.29, 0.717) is 19.4 Å². The standard InChI is InChI=1S/C8H15NO4/c1-13-6-7(10)9-5-3-2-4-8(11)12/h2-6H2,1H3,(H,9,10)(H,11,12). The molecule has 0 unspecified atom stereocenters. The lowest BCUT2D eigenvalue weighted by Crippen LogP contribution is -2.27. The molecule has 0 aromatic rings. The fourth-order valence-electron chi connectivity index (χ4n) is 0.811. The summed E-state index contributed by atoms with van der Waals surface area (Å²) >= 11 is 0. The quantitative estimate of drug-likeness (QED) is 0.553. The van der Waals surface area contributed by atoms with Crippen molar-refractivity contribution < 1.29 is 19.4 Å². The molecule has 2 N–H and O–H groups in total. The Balaban J connectivity index is 3.16. The van der Waals surface area contributed by atoms with E-state index in [2.05, 4.69) is 10.1 Å². The van der Waals surface area contributed by atoms with Gasteiger partial charge in [-0.2, -0.15) is 0 Å². The monoisotopic (exact) mass is 189 g/mol. The summed E-state index contributed by atoms with van der Waals surface area (Å²) in [5.41, 5.74) is 0. The number of aliphatic carboxylic acids is 1. The smallest absolute Gasteiger partial charge is 0.303 e. The van der Waals surface area contributed by atoms with Crippen LogP contribution in [0.15, 0.2) is 0 Å². The highest BCUT2D eigenvalue weighted by atomic mass is 16.5. The predicted molar refractivity (Wildman–Crippen MR) is 46.4 cm³/mol. The van der Waals surface area contributed by atoms with Crippen molar-refractivity contribution in [3.8, 4) is 0 Å². The van der Waals surface area contributed by atoms with Crippen molar-refractivity contribution >= 4 is 11.9 Å². The van der Waals surface area contributed by atoms with Crippen molar-refractivity contribution in [2.75, 3.05) is 20.3 Å². The number of nitrogens with one attached hydrogen (secondary N) is 1. The summed E-state index contributed by atoms with van der Waals surface area (Å²) in [4.78, 5) is 20.9. The third-order valence-electron chi connectivity index (χ3n) is 1.42. The van der Waals surface area contributed by atoms with Gasteiger partial charge >= 0.3 is 5.97 Å². The van der Waals surface area contributed by atoms with Crippen LogP contribution < -0.4 is 5.32 Å². The van der Waals surface area contributed by atoms with Gasteiger partial charge in [0.1, 0.15) is 6.61 Å². The number of carbonyl (C=O) groups excluding carboxylic acids is 1. The van der Waals surface area contributed by atoms with Gasteiger partial charge in [-0.15, -0.1) is 0 Å². The van der Waals surface area contributed by atoms with Gasteiger partial charge in [0.05, 0.1) is 0 Å². The van der Waals surface area contributed by atoms with E-state index in [-0.39, 0.29) is 18.9 Å². The van der Waals surface area contributed by atoms with E-state index < -0.39 is 5.97 Å². The topological polar surface area (TPSA) is 75.6 Å². The fraction of sp³-hybridized carbons (Fsp3) is 0.750. The van der Waals surface area contributed by atoms with Crippen molar-refractivity contribution in [2.24, 2.45) is 0 Å². The molecule has 0 saturated carbocycles. The summed E-state index contributed by atoms with van der Waals surface area (Å²) in [7, 11) is 1.45. The Morgan fingerprint density at radius 2 is 2.08 bits per heavy atom. The SMILES string of the molecule is COCC(=O)NCCCCC(=O)O. The molecule has 0 radical (unpaired) electrons. The Labute approximate surface area is 77.1 Å². The van der Waals surface area contributed by atoms with Crippen molar-refractivity contribution in [1.82, 2.24) is 5.32 Å². The van der Waals surface area contributed by atoms with Crippen LogP contribution in [0, 0.1) is 0 Å². The number of methoxy groups -OCH3 is 1. The van der Waals surface area contributed by atoms with Crippen LogP contribution in [0.2, 0.25) is 0 Å². The van der Waals surface area contributed by atoms with Crippen molar-refractivity contribution in [2.45, 2.75) is 19.3 Å². The number of carbonyl (C=O) groups is 2. The second-order valence-corrected chi connectivity index (χ2v) is 2.63. The summed E-state index contributed by atoms with van der Waals surface area (Å²) < 4.78 is 4.59. The van der Waals surface area contributed by atoms with Crippen molar-refractivity contribution in [1.29, 1.82) is 0 Å². The molecule has 76 valence electrons. The Morgan fingerprint density at radius 3 is 2.62 bits per heavy atom. The number of carboxylic acids is 1. The van der Waals surface area contributed by atoms with Gasteiger partial charge in [-0.1, -0.05) is 0 Å². The lowest BCUT2D eigenvalue weighted by atomic mass is 10.2. The van der Waals surface area contributed by atoms with Crippen LogP contribution in [-0.4, -0.2) is 37.2 Å². The average molecular weight is 189 g/mol. The summed E-state index contributed by atoms with van der Waals surface area (Å²) in [6.45, 7) is 0.564. The normalized spacial score (nSPS) is 9.62. The van der Waals surface area contributed by atoms with E-state index >= 15 is 0 Å². The molecule has 0 heterocycles. The number of hydrogen-bond donors (Lipinski definition) is 2. The Morgan fingerprint density at radius 1 is 1.38 bits per heavy atom. The molecule has 0 aromatic carbocycles. The first-order valence-corrected chi connectivity index (χ1v) is 4.14. The third kappa shape index (κ3) is 8.81. The van der Waals surface area contributed by atoms with Crippen LogP contribution in [-0.2, 0) is 14.3 Å². The van der Waals surface area contributed by atoms with Crippen LogP contribution in [0.3, 0.4) is 0 Å². The second-order valence-electron chi connectivity index (χ2n) is 2.63. The molecular weight excluding hydrogens is 174 g/mol. The minimum Gasteiger partial charge on any atom is -0.481 e. The highest BCUT2D eigenvalue weighted by Gasteiger charge is 1.99. The molecule has 0 saturated heterocycles. The largest absolute Gasteiger partial charge is 0.481 e. The summed E-state index contributed by atoms with van der Waals surface area (Å²) in [5.74, 6) is -0.971. The molecule has 0 fully saturated rings. The molecule has 5 heteroatoms. The summed E-state index contributed by atoms with van der Waals surface area (Å²) in [5, 5.41) is 10.9. The molecule has 0 spiro atoms. The molecule has 5 nitrogen and oxygen atoms in total. The van der Waals surface area contributed by atoms with Crippen LogP contribution in [0.4, 0.5) is 0 Å². The van der Waals surface area contributed by atoms with Gasteiger partial charge in [-0.3, -0.25) is 9.59 Å². The molecule has 1 amide bonds. The maximum atomic E-state index is 10.8. The van der Waals surface area contributed by atoms with Gasteiger partial charge in [0.2, 0.25) is 5.91 Å². The van der Waals surface area contributed by atoms with E-state index in [9.17, 15) is 9.59 Å². The molecule has 13 heavy (non-hydrogen) atoms. The first kappa shape index (κ1) is 11.9. The van der Waals surface area contributed by atoms with E-state index in [1.807, 2.05) is 0 Å². The van der Waals surface area contributed by atoms with E-state index in [4.69, 9.17) is 5.11 Å². The molecule has 0 aromatic heterocycles. The van der Waals surface area contributed by atoms with Gasteiger partial charge in [0.15, 0.2) is 0 Å². The maximum Gasteiger partial charge on any atom is 0.303 e. The lowest BCUT2D eigenvalue weighted by molar-refractivity contribution is -0.137. The number of unbranched alkanes of at least 4 members (excludes halogenated alkanes) is 1. The number of amides is 1. The van der Waals surface area contributed by atoms with Crippen LogP contribution in [0.1, 0.15) is 19.3 Å². The molecule has 0 bridgehead atoms. The fourth-order valence-corrected chi connectivity index (χ4v) is 0.811. The van der Waals surface area contributed by atoms with Crippen molar-refractivity contribution in [3.05, 3.63) is 0 Å². The Kier molecular flexibility index (Phi) is 6.91. The molecule has 0 rings (SSSR count). The highest BCUT2D eigenvalue weighted by molar-refractivity contribution is 5.77. The van der Waals surface area contributed by atoms with Crippen LogP contribution >= 0.6 is 0 Å². The molecule has 0 atom stereocenters. The van der Waals surface area contributed by atoms with Gasteiger partial charge in [-0.25, -0.2) is 0 Å². The predicted octanol–water partition coefficient (Wildman–Crippen LogP) is 0.00390. The zero-order valence-electron chi connectivity index (χ0n) is 7.71. The molecular formula is C8H15NO4. The Bertz CT molecular complexity index is 170. The van der Waals surface area contributed by atoms with E-state index in [1.165, 1.54) is 7.11 Å². The number of rotatable bonds is 7. The Hall–Kier alpha value is -1.10.